The average Bonchev–Trinajstić information content (AvgIpc) is 3.27. The summed E-state index contributed by atoms with van der Waals surface area (Å²) in [6.07, 6.45) is 1.96. The number of hydrogen-bond acceptors (Lipinski definition) is 2. The second-order valence-corrected chi connectivity index (χ2v) is 6.79. The highest BCUT2D eigenvalue weighted by atomic mass is 127. The first-order chi connectivity index (χ1) is 10.5. The van der Waals surface area contributed by atoms with Gasteiger partial charge in [0.15, 0.2) is 0 Å². The van der Waals surface area contributed by atoms with Gasteiger partial charge in [-0.15, -0.1) is 0 Å². The Bertz CT molecular complexity index is 724. The first kappa shape index (κ1) is 15.5. The molecule has 6 heteroatoms. The molecule has 4 nitrogen and oxygen atoms in total. The zero-order valence-electron chi connectivity index (χ0n) is 12.5. The van der Waals surface area contributed by atoms with Crippen LogP contribution in [0.4, 0.5) is 4.39 Å². The van der Waals surface area contributed by atoms with Crippen LogP contribution < -0.4 is 0 Å². The molecule has 3 rings (SSSR count). The first-order valence-corrected chi connectivity index (χ1v) is 8.30. The third kappa shape index (κ3) is 2.88. The highest BCUT2D eigenvalue weighted by Gasteiger charge is 2.36. The van der Waals surface area contributed by atoms with Gasteiger partial charge in [0.25, 0.3) is 5.91 Å². The predicted molar refractivity (Wildman–Crippen MR) is 90.0 cm³/mol. The van der Waals surface area contributed by atoms with Gasteiger partial charge in [-0.05, 0) is 54.0 Å². The third-order valence-electron chi connectivity index (χ3n) is 3.91. The summed E-state index contributed by atoms with van der Waals surface area (Å²) in [5.41, 5.74) is 1.63. The zero-order valence-corrected chi connectivity index (χ0v) is 14.7. The summed E-state index contributed by atoms with van der Waals surface area (Å²) in [6, 6.07) is 8.17. The molecule has 0 atom stereocenters. The van der Waals surface area contributed by atoms with Gasteiger partial charge in [0.05, 0.1) is 5.69 Å². The number of nitrogens with zero attached hydrogens (tertiary/aromatic N) is 3. The molecule has 1 aromatic carbocycles. The Labute approximate surface area is 142 Å². The summed E-state index contributed by atoms with van der Waals surface area (Å²) in [7, 11) is 1.51. The van der Waals surface area contributed by atoms with Crippen molar-refractivity contribution in [3.05, 3.63) is 50.6 Å². The third-order valence-corrected chi connectivity index (χ3v) is 4.97. The smallest absolute Gasteiger partial charge is 0.260 e. The number of halogens is 2. The predicted octanol–water partition coefficient (Wildman–Crippen LogP) is 3.28. The number of aryl methyl sites for hydroxylation is 2. The molecule has 116 valence electrons. The fraction of sp³-hybridized carbons (Fsp3) is 0.375. The number of benzene rings is 1. The van der Waals surface area contributed by atoms with E-state index in [2.05, 4.69) is 27.7 Å². The minimum Gasteiger partial charge on any atom is -0.331 e. The summed E-state index contributed by atoms with van der Waals surface area (Å²) >= 11 is 2.26. The highest BCUT2D eigenvalue weighted by molar-refractivity contribution is 14.1. The summed E-state index contributed by atoms with van der Waals surface area (Å²) in [5.74, 6) is -0.818. The maximum atomic E-state index is 14.2. The Morgan fingerprint density at radius 1 is 1.45 bits per heavy atom. The molecule has 1 aliphatic rings. The lowest BCUT2D eigenvalue weighted by molar-refractivity contribution is 0.0723. The van der Waals surface area contributed by atoms with Crippen LogP contribution in [0.3, 0.4) is 0 Å². The molecule has 1 aliphatic carbocycles. The first-order valence-electron chi connectivity index (χ1n) is 7.22. The van der Waals surface area contributed by atoms with E-state index in [1.165, 1.54) is 7.05 Å². The van der Waals surface area contributed by atoms with Crippen LogP contribution in [0.5, 0.6) is 0 Å². The molecule has 22 heavy (non-hydrogen) atoms. The van der Waals surface area contributed by atoms with E-state index < -0.39 is 5.95 Å². The van der Waals surface area contributed by atoms with E-state index in [9.17, 15) is 9.18 Å². The van der Waals surface area contributed by atoms with Gasteiger partial charge in [-0.1, -0.05) is 18.2 Å². The molecule has 0 saturated heterocycles. The van der Waals surface area contributed by atoms with E-state index in [4.69, 9.17) is 0 Å². The largest absolute Gasteiger partial charge is 0.331 e. The van der Waals surface area contributed by atoms with Crippen LogP contribution in [0, 0.1) is 16.4 Å². The number of aromatic nitrogens is 2. The van der Waals surface area contributed by atoms with Crippen LogP contribution in [-0.4, -0.2) is 26.6 Å². The van der Waals surface area contributed by atoms with Gasteiger partial charge in [0.1, 0.15) is 5.56 Å². The van der Waals surface area contributed by atoms with Gasteiger partial charge in [-0.25, -0.2) is 4.68 Å². The van der Waals surface area contributed by atoms with Crippen LogP contribution in [0.2, 0.25) is 0 Å². The lowest BCUT2D eigenvalue weighted by Gasteiger charge is -2.23. The van der Waals surface area contributed by atoms with Crippen LogP contribution in [-0.2, 0) is 13.6 Å². The number of rotatable bonds is 4. The minimum absolute atomic E-state index is 0.0975. The van der Waals surface area contributed by atoms with Crippen molar-refractivity contribution in [2.24, 2.45) is 7.05 Å². The molecule has 0 unspecified atom stereocenters. The van der Waals surface area contributed by atoms with E-state index >= 15 is 0 Å². The maximum Gasteiger partial charge on any atom is 0.260 e. The Balaban J connectivity index is 1.91. The topological polar surface area (TPSA) is 38.1 Å². The molecule has 0 aliphatic heterocycles. The molecule has 0 N–H and O–H groups in total. The number of amides is 1. The van der Waals surface area contributed by atoms with Crippen molar-refractivity contribution in [3.8, 4) is 0 Å². The lowest BCUT2D eigenvalue weighted by atomic mass is 10.1. The molecular formula is C16H17FIN3O. The molecule has 1 heterocycles. The fourth-order valence-corrected chi connectivity index (χ4v) is 3.14. The van der Waals surface area contributed by atoms with E-state index in [1.54, 1.807) is 11.8 Å². The molecule has 0 spiro atoms. The van der Waals surface area contributed by atoms with Gasteiger partial charge in [-0.3, -0.25) is 4.79 Å². The van der Waals surface area contributed by atoms with Gasteiger partial charge >= 0.3 is 0 Å². The van der Waals surface area contributed by atoms with Crippen LogP contribution >= 0.6 is 22.6 Å². The van der Waals surface area contributed by atoms with Gasteiger partial charge < -0.3 is 4.90 Å². The van der Waals surface area contributed by atoms with Crippen molar-refractivity contribution in [2.45, 2.75) is 32.4 Å². The van der Waals surface area contributed by atoms with Crippen molar-refractivity contribution < 1.29 is 9.18 Å². The second-order valence-electron chi connectivity index (χ2n) is 5.63. The number of carbonyl (C=O) groups excluding carboxylic acids is 1. The standard InChI is InChI=1S/C16H17FIN3O/c1-10-14(15(17)20(2)19-10)16(22)21(12-7-8-12)9-11-5-3-4-6-13(11)18/h3-6,12H,7-9H2,1-2H3. The van der Waals surface area contributed by atoms with Gasteiger partial charge in [-0.2, -0.15) is 9.49 Å². The second kappa shape index (κ2) is 5.98. The fourth-order valence-electron chi connectivity index (χ4n) is 2.58. The van der Waals surface area contributed by atoms with E-state index in [0.717, 1.165) is 26.7 Å². The zero-order chi connectivity index (χ0) is 15.9. The lowest BCUT2D eigenvalue weighted by Crippen LogP contribution is -2.33. The Morgan fingerprint density at radius 3 is 2.68 bits per heavy atom. The normalized spacial score (nSPS) is 14.2. The molecule has 1 saturated carbocycles. The molecule has 1 amide bonds. The van der Waals surface area contributed by atoms with Crippen molar-refractivity contribution >= 4 is 28.5 Å². The van der Waals surface area contributed by atoms with E-state index in [0.29, 0.717) is 12.2 Å². The monoisotopic (exact) mass is 413 g/mol. The van der Waals surface area contributed by atoms with Crippen LogP contribution in [0.1, 0.15) is 34.5 Å². The molecule has 0 bridgehead atoms. The SMILES string of the molecule is Cc1nn(C)c(F)c1C(=O)N(Cc1ccccc1I)C1CC1. The highest BCUT2D eigenvalue weighted by Crippen LogP contribution is 2.31. The Kier molecular flexibility index (Phi) is 4.20. The van der Waals surface area contributed by atoms with E-state index in [1.807, 2.05) is 24.3 Å². The maximum absolute atomic E-state index is 14.2. The molecule has 2 aromatic rings. The van der Waals surface area contributed by atoms with Crippen molar-refractivity contribution in [1.29, 1.82) is 0 Å². The Hall–Kier alpha value is -1.44. The summed E-state index contributed by atoms with van der Waals surface area (Å²) < 4.78 is 16.4. The minimum atomic E-state index is -0.559. The molecule has 1 aromatic heterocycles. The number of hydrogen-bond donors (Lipinski definition) is 0. The number of carbonyl (C=O) groups is 1. The van der Waals surface area contributed by atoms with Crippen LogP contribution in [0.15, 0.2) is 24.3 Å². The van der Waals surface area contributed by atoms with Crippen molar-refractivity contribution in [1.82, 2.24) is 14.7 Å². The molecule has 0 radical (unpaired) electrons. The molecule has 1 fully saturated rings. The van der Waals surface area contributed by atoms with Crippen molar-refractivity contribution in [2.75, 3.05) is 0 Å². The quantitative estimate of drug-likeness (QED) is 0.722. The van der Waals surface area contributed by atoms with Gasteiger partial charge in [0, 0.05) is 23.2 Å². The van der Waals surface area contributed by atoms with Crippen molar-refractivity contribution in [3.63, 3.8) is 0 Å². The summed E-state index contributed by atoms with van der Waals surface area (Å²) in [5, 5.41) is 4.01. The van der Waals surface area contributed by atoms with Crippen LogP contribution in [0.25, 0.3) is 0 Å². The summed E-state index contributed by atoms with van der Waals surface area (Å²) in [6.45, 7) is 2.18. The Morgan fingerprint density at radius 2 is 2.14 bits per heavy atom. The van der Waals surface area contributed by atoms with Gasteiger partial charge in [0.2, 0.25) is 5.95 Å². The average molecular weight is 413 g/mol. The molecular weight excluding hydrogens is 396 g/mol. The summed E-state index contributed by atoms with van der Waals surface area (Å²) in [4.78, 5) is 14.6. The van der Waals surface area contributed by atoms with E-state index in [-0.39, 0.29) is 17.5 Å².